The second-order valence-corrected chi connectivity index (χ2v) is 16.0. The van der Waals surface area contributed by atoms with Crippen molar-refractivity contribution in [2.45, 2.75) is 24.7 Å². The molecule has 2 unspecified atom stereocenters. The summed E-state index contributed by atoms with van der Waals surface area (Å²) in [5.74, 6) is 0. The van der Waals surface area contributed by atoms with Gasteiger partial charge in [0.2, 0.25) is 0 Å². The topological polar surface area (TPSA) is 51.8 Å². The van der Waals surface area contributed by atoms with Gasteiger partial charge >= 0.3 is 20.1 Å². The maximum atomic E-state index is 7.18. The third-order valence-electron chi connectivity index (χ3n) is 12.5. The van der Waals surface area contributed by atoms with Crippen molar-refractivity contribution in [1.29, 1.82) is 0 Å². The van der Waals surface area contributed by atoms with Crippen LogP contribution in [-0.4, -0.2) is 15.0 Å². The monoisotopic (exact) mass is 973 g/mol. The van der Waals surface area contributed by atoms with E-state index in [0.29, 0.717) is 0 Å². The van der Waals surface area contributed by atoms with Crippen LogP contribution < -0.4 is 0 Å². The minimum absolute atomic E-state index is 0. The Kier molecular flexibility index (Phi) is 9.95. The fourth-order valence-electron chi connectivity index (χ4n) is 9.07. The van der Waals surface area contributed by atoms with Crippen LogP contribution in [0.2, 0.25) is 0 Å². The number of furan rings is 1. The van der Waals surface area contributed by atoms with Crippen LogP contribution in [-0.2, 0) is 30.9 Å². The summed E-state index contributed by atoms with van der Waals surface area (Å²) in [5, 5.41) is 6.52. The zero-order chi connectivity index (χ0) is 41.0. The zero-order valence-corrected chi connectivity index (χ0v) is 36.5. The largest absolute Gasteiger partial charge is 3.00 e. The maximum absolute atomic E-state index is 7.18. The van der Waals surface area contributed by atoms with Crippen molar-refractivity contribution in [2.24, 2.45) is 0 Å². The Bertz CT molecular complexity index is 3350. The predicted molar refractivity (Wildman–Crippen MR) is 246 cm³/mol. The Balaban J connectivity index is 0.00000458. The molecule has 11 aromatic rings. The van der Waals surface area contributed by atoms with Gasteiger partial charge < -0.3 is 4.42 Å². The summed E-state index contributed by atoms with van der Waals surface area (Å²) >= 11 is 0. The van der Waals surface area contributed by atoms with Crippen molar-refractivity contribution in [1.82, 2.24) is 15.0 Å². The number of pyridine rings is 3. The first kappa shape index (κ1) is 39.1. The van der Waals surface area contributed by atoms with Crippen LogP contribution in [0.1, 0.15) is 47.6 Å². The number of nitrogens with zero attached hydrogens (tertiary/aromatic N) is 3. The Morgan fingerprint density at radius 2 is 1.16 bits per heavy atom. The van der Waals surface area contributed by atoms with Crippen LogP contribution in [0.15, 0.2) is 199 Å². The molecule has 11 rings (SSSR count). The van der Waals surface area contributed by atoms with Crippen LogP contribution >= 0.6 is 0 Å². The molecular weight excluding hydrogens is 935 g/mol. The molecule has 0 spiro atoms. The van der Waals surface area contributed by atoms with Crippen molar-refractivity contribution in [3.63, 3.8) is 0 Å². The van der Waals surface area contributed by atoms with E-state index in [-0.39, 0.29) is 20.1 Å². The van der Waals surface area contributed by atoms with Gasteiger partial charge in [-0.05, 0) is 77.2 Å². The predicted octanol–water partition coefficient (Wildman–Crippen LogP) is 13.5. The van der Waals surface area contributed by atoms with E-state index in [1.54, 1.807) is 0 Å². The Labute approximate surface area is 374 Å². The third kappa shape index (κ3) is 6.36. The molecule has 0 saturated carbocycles. The molecular formula is C57H38IrN3O. The SMILES string of the molecule is CC(c1[c-]cccc1)(c1[c-]c(-c2cccc(C(C)(c3[c-]cccc3)c3cc(-c4ccccc4)ccn3)n2)c2oc3c(ccc4ccc5ccccc5c43)c2c1)c1ccccn1.[Ir+3]. The average Bonchev–Trinajstić information content (AvgIpc) is 3.73. The van der Waals surface area contributed by atoms with Gasteiger partial charge in [-0.15, -0.1) is 28.8 Å². The molecule has 2 atom stereocenters. The maximum Gasteiger partial charge on any atom is 3.00 e. The molecule has 0 bridgehead atoms. The molecule has 5 heteroatoms. The summed E-state index contributed by atoms with van der Waals surface area (Å²) in [5.41, 5.74) is 9.23. The van der Waals surface area contributed by atoms with Crippen molar-refractivity contribution < 1.29 is 24.5 Å². The summed E-state index contributed by atoms with van der Waals surface area (Å²) < 4.78 is 7.18. The fraction of sp³-hybridized carbons (Fsp3) is 0.0702. The fourth-order valence-corrected chi connectivity index (χ4v) is 9.07. The smallest absolute Gasteiger partial charge is 0.500 e. The number of hydrogen-bond acceptors (Lipinski definition) is 4. The van der Waals surface area contributed by atoms with E-state index >= 15 is 0 Å². The summed E-state index contributed by atoms with van der Waals surface area (Å²) in [6.07, 6.45) is 3.75. The minimum atomic E-state index is -0.775. The zero-order valence-electron chi connectivity index (χ0n) is 34.1. The van der Waals surface area contributed by atoms with E-state index in [0.717, 1.165) is 99.6 Å². The first-order chi connectivity index (χ1) is 30.0. The molecule has 0 aliphatic rings. The van der Waals surface area contributed by atoms with Gasteiger partial charge in [-0.2, -0.15) is 60.7 Å². The van der Waals surface area contributed by atoms with E-state index in [1.165, 1.54) is 0 Å². The second kappa shape index (κ2) is 15.8. The van der Waals surface area contributed by atoms with Crippen LogP contribution in [0, 0.1) is 18.2 Å². The van der Waals surface area contributed by atoms with Gasteiger partial charge in [-0.1, -0.05) is 108 Å². The molecule has 4 nitrogen and oxygen atoms in total. The first-order valence-electron chi connectivity index (χ1n) is 20.6. The Morgan fingerprint density at radius 1 is 0.468 bits per heavy atom. The van der Waals surface area contributed by atoms with Gasteiger partial charge in [0.15, 0.2) is 0 Å². The van der Waals surface area contributed by atoms with Crippen molar-refractivity contribution in [3.8, 4) is 22.4 Å². The van der Waals surface area contributed by atoms with Crippen LogP contribution in [0.4, 0.5) is 0 Å². The number of hydrogen-bond donors (Lipinski definition) is 0. The molecule has 4 heterocycles. The molecule has 7 aromatic carbocycles. The molecule has 0 N–H and O–H groups in total. The molecule has 0 aliphatic carbocycles. The third-order valence-corrected chi connectivity index (χ3v) is 12.5. The number of benzene rings is 7. The van der Waals surface area contributed by atoms with E-state index in [2.05, 4.69) is 172 Å². The molecule has 0 amide bonds. The van der Waals surface area contributed by atoms with Crippen LogP contribution in [0.25, 0.3) is 65.9 Å². The average molecular weight is 973 g/mol. The number of aromatic nitrogens is 3. The van der Waals surface area contributed by atoms with E-state index < -0.39 is 10.8 Å². The van der Waals surface area contributed by atoms with E-state index in [4.69, 9.17) is 19.4 Å². The number of rotatable bonds is 8. The quantitative estimate of drug-likeness (QED) is 0.112. The summed E-state index contributed by atoms with van der Waals surface area (Å²) in [4.78, 5) is 15.6. The summed E-state index contributed by atoms with van der Waals surface area (Å²) in [6, 6.07) is 73.8. The van der Waals surface area contributed by atoms with Gasteiger partial charge in [0.05, 0.1) is 22.4 Å². The Morgan fingerprint density at radius 3 is 1.94 bits per heavy atom. The molecule has 62 heavy (non-hydrogen) atoms. The molecule has 0 saturated heterocycles. The van der Waals surface area contributed by atoms with Gasteiger partial charge in [0.25, 0.3) is 0 Å². The van der Waals surface area contributed by atoms with Crippen LogP contribution in [0.3, 0.4) is 0 Å². The minimum Gasteiger partial charge on any atom is -0.500 e. The number of fused-ring (bicyclic) bond motifs is 7. The normalized spacial score (nSPS) is 13.5. The standard InChI is InChI=1S/C57H38N3O.Ir/c1-56(42-20-8-4-9-21-42,50-26-14-15-33-58-50)44-36-47-46-31-30-40-29-28-39-19-12-13-24-45(39)53(40)55(46)61-54(47)48(37-44)49-25-16-27-51(60-49)57(2,43-22-10-5-11-23-43)52-35-41(32-34-59-52)38-17-6-3-7-18-38;/h3-20,22,24-36H,1-2H3;/q-3;+3. The second-order valence-electron chi connectivity index (χ2n) is 16.0. The Hall–Kier alpha value is -7.04. The summed E-state index contributed by atoms with van der Waals surface area (Å²) in [6.45, 7) is 4.41. The molecule has 0 radical (unpaired) electrons. The van der Waals surface area contributed by atoms with Crippen molar-refractivity contribution in [3.05, 3.63) is 246 Å². The molecule has 0 aliphatic heterocycles. The van der Waals surface area contributed by atoms with E-state index in [9.17, 15) is 0 Å². The van der Waals surface area contributed by atoms with Crippen molar-refractivity contribution >= 4 is 43.5 Å². The van der Waals surface area contributed by atoms with E-state index in [1.807, 2.05) is 54.9 Å². The molecule has 0 fully saturated rings. The van der Waals surface area contributed by atoms with Gasteiger partial charge in [0, 0.05) is 34.3 Å². The molecule has 4 aromatic heterocycles. The molecule has 296 valence electrons. The summed E-state index contributed by atoms with van der Waals surface area (Å²) in [7, 11) is 0. The van der Waals surface area contributed by atoms with Crippen molar-refractivity contribution in [2.75, 3.05) is 0 Å². The van der Waals surface area contributed by atoms with Gasteiger partial charge in [-0.25, -0.2) is 0 Å². The van der Waals surface area contributed by atoms with Gasteiger partial charge in [0.1, 0.15) is 5.58 Å². The van der Waals surface area contributed by atoms with Crippen LogP contribution in [0.5, 0.6) is 0 Å². The van der Waals surface area contributed by atoms with Gasteiger partial charge in [-0.3, -0.25) is 15.0 Å². The first-order valence-corrected chi connectivity index (χ1v) is 20.6.